The van der Waals surface area contributed by atoms with Crippen molar-refractivity contribution < 1.29 is 23.8 Å². The number of aliphatic hydroxyl groups is 1. The Morgan fingerprint density at radius 1 is 0.923 bits per heavy atom. The Balaban J connectivity index is 2.05. The maximum Gasteiger partial charge on any atom is 0.343 e. The highest BCUT2D eigenvalue weighted by Crippen LogP contribution is 2.21. The maximum absolute atomic E-state index is 12.7. The Kier molecular flexibility index (Phi) is 5.05. The lowest BCUT2D eigenvalue weighted by Crippen LogP contribution is -2.19. The Morgan fingerprint density at radius 3 is 2.08 bits per heavy atom. The normalized spacial score (nSPS) is 10.3. The summed E-state index contributed by atoms with van der Waals surface area (Å²) in [4.78, 5) is 37.3. The lowest BCUT2D eigenvalue weighted by molar-refractivity contribution is 0.0723. The number of ether oxygens (including phenoxy) is 1. The van der Waals surface area contributed by atoms with E-state index in [1.807, 2.05) is 0 Å². The molecule has 0 spiro atoms. The van der Waals surface area contributed by atoms with E-state index in [9.17, 15) is 19.5 Å². The van der Waals surface area contributed by atoms with Gasteiger partial charge in [0.1, 0.15) is 12.4 Å². The summed E-state index contributed by atoms with van der Waals surface area (Å²) in [5.74, 6) is -2.47. The zero-order chi connectivity index (χ0) is 18.5. The summed E-state index contributed by atoms with van der Waals surface area (Å²) < 4.78 is 10.5. The first kappa shape index (κ1) is 17.3. The number of aliphatic hydroxyl groups excluding tert-OH is 1. The van der Waals surface area contributed by atoms with Gasteiger partial charge in [-0.3, -0.25) is 9.59 Å². The molecule has 0 fully saturated rings. The molecule has 0 amide bonds. The van der Waals surface area contributed by atoms with Gasteiger partial charge in [-0.1, -0.05) is 48.5 Å². The molecule has 130 valence electrons. The van der Waals surface area contributed by atoms with Crippen LogP contribution in [0.1, 0.15) is 32.2 Å². The molecule has 26 heavy (non-hydrogen) atoms. The van der Waals surface area contributed by atoms with Crippen LogP contribution in [0.15, 0.2) is 75.9 Å². The van der Waals surface area contributed by atoms with Crippen LogP contribution in [0.4, 0.5) is 0 Å². The first-order chi connectivity index (χ1) is 12.6. The van der Waals surface area contributed by atoms with E-state index in [2.05, 4.69) is 0 Å². The van der Waals surface area contributed by atoms with Crippen molar-refractivity contribution in [2.24, 2.45) is 0 Å². The summed E-state index contributed by atoms with van der Waals surface area (Å²) in [5.41, 5.74) is -0.261. The predicted molar refractivity (Wildman–Crippen MR) is 92.2 cm³/mol. The highest BCUT2D eigenvalue weighted by Gasteiger charge is 2.24. The van der Waals surface area contributed by atoms with E-state index in [-0.39, 0.29) is 16.9 Å². The summed E-state index contributed by atoms with van der Waals surface area (Å²) in [7, 11) is 0. The van der Waals surface area contributed by atoms with Crippen molar-refractivity contribution in [3.8, 4) is 5.75 Å². The molecule has 0 aliphatic heterocycles. The Bertz CT molecular complexity index is 990. The van der Waals surface area contributed by atoms with E-state index < -0.39 is 35.3 Å². The molecule has 0 saturated carbocycles. The van der Waals surface area contributed by atoms with Gasteiger partial charge in [-0.15, -0.1) is 0 Å². The summed E-state index contributed by atoms with van der Waals surface area (Å²) in [6.45, 7) is -0.572. The van der Waals surface area contributed by atoms with Crippen molar-refractivity contribution >= 4 is 11.8 Å². The predicted octanol–water partition coefficient (Wildman–Crippen LogP) is 2.58. The van der Waals surface area contributed by atoms with Gasteiger partial charge in [-0.2, -0.15) is 0 Å². The molecule has 3 rings (SSSR count). The molecular weight excluding hydrogens is 336 g/mol. The molecule has 0 atom stereocenters. The van der Waals surface area contributed by atoms with Crippen LogP contribution in [0.3, 0.4) is 0 Å². The molecule has 6 heteroatoms. The zero-order valence-electron chi connectivity index (χ0n) is 13.5. The minimum Gasteiger partial charge on any atom is -0.451 e. The minimum absolute atomic E-state index is 0.103. The smallest absolute Gasteiger partial charge is 0.343 e. The van der Waals surface area contributed by atoms with Crippen molar-refractivity contribution in [2.45, 2.75) is 6.61 Å². The highest BCUT2D eigenvalue weighted by molar-refractivity contribution is 6.09. The average Bonchev–Trinajstić information content (AvgIpc) is 2.70. The van der Waals surface area contributed by atoms with Gasteiger partial charge in [-0.25, -0.2) is 4.79 Å². The van der Waals surface area contributed by atoms with Crippen LogP contribution in [0.25, 0.3) is 0 Å². The van der Waals surface area contributed by atoms with Gasteiger partial charge in [0.25, 0.3) is 0 Å². The van der Waals surface area contributed by atoms with Crippen molar-refractivity contribution in [3.05, 3.63) is 99.6 Å². The van der Waals surface area contributed by atoms with Crippen molar-refractivity contribution in [2.75, 3.05) is 0 Å². The second-order valence-electron chi connectivity index (χ2n) is 5.34. The second-order valence-corrected chi connectivity index (χ2v) is 5.34. The largest absolute Gasteiger partial charge is 0.451 e. The van der Waals surface area contributed by atoms with Crippen LogP contribution in [0.5, 0.6) is 5.75 Å². The zero-order valence-corrected chi connectivity index (χ0v) is 13.5. The van der Waals surface area contributed by atoms with Crippen LogP contribution in [0, 0.1) is 0 Å². The molecular formula is C20H14O6. The van der Waals surface area contributed by atoms with E-state index in [1.54, 1.807) is 36.4 Å². The van der Waals surface area contributed by atoms with Crippen molar-refractivity contribution in [1.29, 1.82) is 0 Å². The summed E-state index contributed by atoms with van der Waals surface area (Å²) in [6, 6.07) is 17.1. The standard InChI is InChI=1S/C20H14O6/c21-12-15-11-16(22)18(26-20(24)14-9-5-2-6-10-14)19(25-15)17(23)13-7-3-1-4-8-13/h1-11,21H,12H2. The second kappa shape index (κ2) is 7.58. The van der Waals surface area contributed by atoms with Crippen molar-refractivity contribution in [1.82, 2.24) is 0 Å². The van der Waals surface area contributed by atoms with E-state index in [0.717, 1.165) is 6.07 Å². The lowest BCUT2D eigenvalue weighted by Gasteiger charge is -2.09. The summed E-state index contributed by atoms with van der Waals surface area (Å²) in [5, 5.41) is 9.24. The number of hydrogen-bond acceptors (Lipinski definition) is 6. The van der Waals surface area contributed by atoms with Gasteiger partial charge in [0.2, 0.25) is 22.7 Å². The maximum atomic E-state index is 12.7. The fraction of sp³-hybridized carbons (Fsp3) is 0.0500. The van der Waals surface area contributed by atoms with Gasteiger partial charge in [0, 0.05) is 11.6 Å². The third kappa shape index (κ3) is 3.60. The first-order valence-corrected chi connectivity index (χ1v) is 7.75. The molecule has 0 radical (unpaired) electrons. The molecule has 6 nitrogen and oxygen atoms in total. The van der Waals surface area contributed by atoms with Gasteiger partial charge in [0.15, 0.2) is 0 Å². The number of carbonyl (C=O) groups excluding carboxylic acids is 2. The first-order valence-electron chi connectivity index (χ1n) is 7.75. The lowest BCUT2D eigenvalue weighted by atomic mass is 10.1. The fourth-order valence-electron chi connectivity index (χ4n) is 2.30. The van der Waals surface area contributed by atoms with Crippen LogP contribution in [-0.2, 0) is 6.61 Å². The third-order valence-corrected chi connectivity index (χ3v) is 3.56. The number of carbonyl (C=O) groups is 2. The van der Waals surface area contributed by atoms with Crippen molar-refractivity contribution in [3.63, 3.8) is 0 Å². The van der Waals surface area contributed by atoms with Crippen LogP contribution >= 0.6 is 0 Å². The third-order valence-electron chi connectivity index (χ3n) is 3.56. The highest BCUT2D eigenvalue weighted by atomic mass is 16.5. The minimum atomic E-state index is -0.795. The summed E-state index contributed by atoms with van der Waals surface area (Å²) in [6.07, 6.45) is 0. The molecule has 2 aromatic carbocycles. The van der Waals surface area contributed by atoms with Crippen LogP contribution < -0.4 is 10.2 Å². The van der Waals surface area contributed by atoms with E-state index in [4.69, 9.17) is 9.15 Å². The summed E-state index contributed by atoms with van der Waals surface area (Å²) >= 11 is 0. The van der Waals surface area contributed by atoms with E-state index in [0.29, 0.717) is 0 Å². The Labute approximate surface area is 148 Å². The van der Waals surface area contributed by atoms with Crippen LogP contribution in [-0.4, -0.2) is 16.9 Å². The van der Waals surface area contributed by atoms with Gasteiger partial charge in [0.05, 0.1) is 5.56 Å². The molecule has 0 saturated heterocycles. The van der Waals surface area contributed by atoms with Crippen LogP contribution in [0.2, 0.25) is 0 Å². The molecule has 1 heterocycles. The monoisotopic (exact) mass is 350 g/mol. The van der Waals surface area contributed by atoms with Gasteiger partial charge in [-0.05, 0) is 12.1 Å². The number of esters is 1. The topological polar surface area (TPSA) is 93.8 Å². The Morgan fingerprint density at radius 2 is 1.50 bits per heavy atom. The van der Waals surface area contributed by atoms with Gasteiger partial charge < -0.3 is 14.3 Å². The molecule has 1 N–H and O–H groups in total. The number of rotatable bonds is 5. The average molecular weight is 350 g/mol. The molecule has 1 aromatic heterocycles. The fourth-order valence-corrected chi connectivity index (χ4v) is 2.30. The van der Waals surface area contributed by atoms with E-state index in [1.165, 1.54) is 24.3 Å². The molecule has 0 aliphatic rings. The van der Waals surface area contributed by atoms with Gasteiger partial charge >= 0.3 is 5.97 Å². The molecule has 0 unspecified atom stereocenters. The molecule has 3 aromatic rings. The number of hydrogen-bond donors (Lipinski definition) is 1. The SMILES string of the molecule is O=C(Oc1c(C(=O)c2ccccc2)oc(CO)cc1=O)c1ccccc1. The Hall–Kier alpha value is -3.51. The molecule has 0 aliphatic carbocycles. The van der Waals surface area contributed by atoms with E-state index >= 15 is 0 Å². The number of ketones is 1. The quantitative estimate of drug-likeness (QED) is 0.561. The molecule has 0 bridgehead atoms. The number of benzene rings is 2.